The average Bonchev–Trinajstić information content (AvgIpc) is 3.59. The molecule has 0 saturated carbocycles. The van der Waals surface area contributed by atoms with Gasteiger partial charge >= 0.3 is 12.3 Å². The quantitative estimate of drug-likeness (QED) is 0.135. The van der Waals surface area contributed by atoms with E-state index < -0.39 is 24.1 Å². The van der Waals surface area contributed by atoms with Crippen LogP contribution in [0.5, 0.6) is 0 Å². The predicted molar refractivity (Wildman–Crippen MR) is 151 cm³/mol. The third-order valence-corrected chi connectivity index (χ3v) is 6.29. The molecule has 0 amide bonds. The van der Waals surface area contributed by atoms with E-state index in [1.807, 2.05) is 0 Å². The van der Waals surface area contributed by atoms with E-state index in [1.165, 1.54) is 24.5 Å². The molecule has 5 heterocycles. The first kappa shape index (κ1) is 30.6. The highest BCUT2D eigenvalue weighted by Crippen LogP contribution is 2.38. The molecular formula is C27H25ClN6O9. The lowest BCUT2D eigenvalue weighted by molar-refractivity contribution is -0.0736. The number of nitrogens with one attached hydrogen (secondary N) is 2. The zero-order chi connectivity index (χ0) is 31.0. The number of rotatable bonds is 7. The lowest BCUT2D eigenvalue weighted by atomic mass is 10.0. The van der Waals surface area contributed by atoms with Gasteiger partial charge in [0.1, 0.15) is 37.5 Å². The zero-order valence-corrected chi connectivity index (χ0v) is 23.1. The van der Waals surface area contributed by atoms with Gasteiger partial charge in [-0.2, -0.15) is 4.98 Å². The maximum Gasteiger partial charge on any atom is 0.508 e. The summed E-state index contributed by atoms with van der Waals surface area (Å²) in [6.07, 6.45) is 8.64. The summed E-state index contributed by atoms with van der Waals surface area (Å²) in [5, 5.41) is 8.81. The van der Waals surface area contributed by atoms with Gasteiger partial charge in [0.15, 0.2) is 5.60 Å². The average molecular weight is 613 g/mol. The van der Waals surface area contributed by atoms with E-state index in [4.69, 9.17) is 43.1 Å². The van der Waals surface area contributed by atoms with Gasteiger partial charge in [0.2, 0.25) is 16.4 Å². The molecule has 0 bridgehead atoms. The summed E-state index contributed by atoms with van der Waals surface area (Å²) in [6, 6.07) is 7.56. The number of anilines is 1. The van der Waals surface area contributed by atoms with E-state index in [0.717, 1.165) is 0 Å². The van der Waals surface area contributed by atoms with Crippen LogP contribution in [-0.4, -0.2) is 54.1 Å². The van der Waals surface area contributed by atoms with Crippen LogP contribution < -0.4 is 16.9 Å². The van der Waals surface area contributed by atoms with Gasteiger partial charge in [-0.1, -0.05) is 5.92 Å². The number of hydrogen-bond acceptors (Lipinski definition) is 11. The molecule has 0 aliphatic carbocycles. The second-order valence-corrected chi connectivity index (χ2v) is 9.43. The molecule has 2 atom stereocenters. The fourth-order valence-corrected chi connectivity index (χ4v) is 4.28. The van der Waals surface area contributed by atoms with Gasteiger partial charge in [-0.25, -0.2) is 14.6 Å². The molecule has 15 nitrogen and oxygen atoms in total. The van der Waals surface area contributed by atoms with Crippen molar-refractivity contribution in [3.8, 4) is 12.3 Å². The minimum absolute atomic E-state index is 0.0256. The van der Waals surface area contributed by atoms with Gasteiger partial charge in [0.05, 0.1) is 5.39 Å². The number of halogens is 1. The van der Waals surface area contributed by atoms with Crippen molar-refractivity contribution in [2.24, 2.45) is 0 Å². The molecule has 4 aromatic heterocycles. The number of pyridine rings is 2. The van der Waals surface area contributed by atoms with Crippen LogP contribution in [0.15, 0.2) is 58.5 Å². The Morgan fingerprint density at radius 3 is 2.37 bits per heavy atom. The standard InChI is InChI=1S/C20H18ClN5O5.C7H7NO4/c1-2-20(11-30-19(28)29-10-12-4-7-23-14(27)9-12)6-3-15(31-20)26-8-5-13-16(22)24-18(21)25-17(13)26;9-6-3-5(1-2-8-6)4-12-7(10)11/h1,4-5,7-9,15H,3,6,10-11H2,(H,23,27)(H2,22,24,25);1-3H,4H2,(H,8,9)(H,10,11)/t15-,20+;/m1./s1. The third kappa shape index (κ3) is 8.12. The summed E-state index contributed by atoms with van der Waals surface area (Å²) in [5.41, 5.74) is 5.79. The van der Waals surface area contributed by atoms with E-state index in [1.54, 1.807) is 29.0 Å². The van der Waals surface area contributed by atoms with E-state index in [2.05, 4.69) is 30.6 Å². The van der Waals surface area contributed by atoms with Gasteiger partial charge < -0.3 is 44.3 Å². The number of carbonyl (C=O) groups excluding carboxylic acids is 1. The summed E-state index contributed by atoms with van der Waals surface area (Å²) >= 11 is 5.93. The highest BCUT2D eigenvalue weighted by molar-refractivity contribution is 6.28. The van der Waals surface area contributed by atoms with E-state index in [-0.39, 0.29) is 42.0 Å². The molecule has 5 rings (SSSR count). The molecule has 0 unspecified atom stereocenters. The van der Waals surface area contributed by atoms with Gasteiger partial charge in [-0.3, -0.25) is 9.59 Å². The molecule has 43 heavy (non-hydrogen) atoms. The zero-order valence-electron chi connectivity index (χ0n) is 22.3. The van der Waals surface area contributed by atoms with Crippen molar-refractivity contribution in [3.63, 3.8) is 0 Å². The summed E-state index contributed by atoms with van der Waals surface area (Å²) in [5.74, 6) is 2.84. The van der Waals surface area contributed by atoms with Crippen molar-refractivity contribution in [2.75, 3.05) is 12.3 Å². The number of aromatic amines is 2. The third-order valence-electron chi connectivity index (χ3n) is 6.13. The lowest BCUT2D eigenvalue weighted by Gasteiger charge is -2.23. The maximum atomic E-state index is 12.0. The van der Waals surface area contributed by atoms with Crippen LogP contribution in [0.4, 0.5) is 15.4 Å². The molecule has 0 aromatic carbocycles. The van der Waals surface area contributed by atoms with Crippen molar-refractivity contribution in [1.82, 2.24) is 24.5 Å². The normalized spacial score (nSPS) is 17.3. The Hall–Kier alpha value is -5.33. The molecule has 1 aliphatic heterocycles. The minimum atomic E-state index is -1.35. The van der Waals surface area contributed by atoms with Crippen LogP contribution in [0.3, 0.4) is 0 Å². The SMILES string of the molecule is C#C[C@@]1(COC(=O)OCc2cc[nH]c(=O)c2)CC[C@H](n2ccc3c(N)nc(Cl)nc32)O1.O=C(O)OCc1cc[nH]c(=O)c1. The predicted octanol–water partition coefficient (Wildman–Crippen LogP) is 2.96. The fourth-order valence-electron chi connectivity index (χ4n) is 4.11. The van der Waals surface area contributed by atoms with Crippen LogP contribution in [0.1, 0.15) is 30.2 Å². The number of nitrogen functional groups attached to an aromatic ring is 1. The molecule has 0 spiro atoms. The molecule has 16 heteroatoms. The highest BCUT2D eigenvalue weighted by Gasteiger charge is 2.41. The van der Waals surface area contributed by atoms with E-state index >= 15 is 0 Å². The number of carbonyl (C=O) groups is 2. The van der Waals surface area contributed by atoms with Crippen molar-refractivity contribution in [1.29, 1.82) is 0 Å². The number of nitrogens with zero attached hydrogens (tertiary/aromatic N) is 3. The number of terminal acetylenes is 1. The smallest absolute Gasteiger partial charge is 0.450 e. The first-order valence-corrected chi connectivity index (χ1v) is 12.9. The Kier molecular flexibility index (Phi) is 9.65. The molecule has 1 aliphatic rings. The molecule has 5 N–H and O–H groups in total. The first-order chi connectivity index (χ1) is 20.6. The summed E-state index contributed by atoms with van der Waals surface area (Å²) in [6.45, 7) is -0.392. The summed E-state index contributed by atoms with van der Waals surface area (Å²) in [7, 11) is 0. The maximum absolute atomic E-state index is 12.0. The number of ether oxygens (including phenoxy) is 4. The number of hydrogen-bond donors (Lipinski definition) is 4. The van der Waals surface area contributed by atoms with Crippen molar-refractivity contribution in [2.45, 2.75) is 37.9 Å². The van der Waals surface area contributed by atoms with E-state index in [0.29, 0.717) is 35.0 Å². The molecule has 224 valence electrons. The number of nitrogens with two attached hydrogens (primary N) is 1. The van der Waals surface area contributed by atoms with Gasteiger partial charge in [0.25, 0.3) is 0 Å². The Bertz CT molecular complexity index is 1780. The highest BCUT2D eigenvalue weighted by atomic mass is 35.5. The Morgan fingerprint density at radius 2 is 1.77 bits per heavy atom. The van der Waals surface area contributed by atoms with Crippen LogP contribution in [-0.2, 0) is 32.2 Å². The van der Waals surface area contributed by atoms with Crippen LogP contribution in [0, 0.1) is 12.3 Å². The number of aromatic nitrogens is 5. The van der Waals surface area contributed by atoms with Crippen LogP contribution in [0.2, 0.25) is 5.28 Å². The van der Waals surface area contributed by atoms with Crippen molar-refractivity contribution < 1.29 is 33.6 Å². The van der Waals surface area contributed by atoms with Crippen LogP contribution in [0.25, 0.3) is 11.0 Å². The summed E-state index contributed by atoms with van der Waals surface area (Å²) in [4.78, 5) is 56.9. The van der Waals surface area contributed by atoms with Crippen molar-refractivity contribution in [3.05, 3.63) is 86.0 Å². The van der Waals surface area contributed by atoms with Gasteiger partial charge in [0, 0.05) is 30.7 Å². The topological polar surface area (TPSA) is 214 Å². The molecule has 0 radical (unpaired) electrons. The molecule has 4 aromatic rings. The fraction of sp³-hybridized carbons (Fsp3) is 0.259. The van der Waals surface area contributed by atoms with Crippen molar-refractivity contribution >= 4 is 40.8 Å². The van der Waals surface area contributed by atoms with E-state index in [9.17, 15) is 19.2 Å². The Labute approximate surface area is 247 Å². The number of fused-ring (bicyclic) bond motifs is 1. The molecule has 1 fully saturated rings. The lowest BCUT2D eigenvalue weighted by Crippen LogP contribution is -2.34. The Morgan fingerprint density at radius 1 is 1.12 bits per heavy atom. The largest absolute Gasteiger partial charge is 0.508 e. The molecule has 1 saturated heterocycles. The minimum Gasteiger partial charge on any atom is -0.450 e. The second kappa shape index (κ2) is 13.6. The number of H-pyrrole nitrogens is 2. The number of carboxylic acid groups (broad SMARTS) is 1. The monoisotopic (exact) mass is 612 g/mol. The van der Waals surface area contributed by atoms with Gasteiger partial charge in [-0.15, -0.1) is 6.42 Å². The molecular weight excluding hydrogens is 588 g/mol. The van der Waals surface area contributed by atoms with Gasteiger partial charge in [-0.05, 0) is 53.8 Å². The first-order valence-electron chi connectivity index (χ1n) is 12.5. The summed E-state index contributed by atoms with van der Waals surface area (Å²) < 4.78 is 22.3. The second-order valence-electron chi connectivity index (χ2n) is 9.09. The Balaban J connectivity index is 0.000000296. The van der Waals surface area contributed by atoms with Crippen LogP contribution >= 0.6 is 11.6 Å².